The average molecular weight is 322 g/mol. The van der Waals surface area contributed by atoms with Gasteiger partial charge in [0.05, 0.1) is 12.8 Å². The van der Waals surface area contributed by atoms with E-state index in [9.17, 15) is 14.7 Å². The van der Waals surface area contributed by atoms with E-state index in [1.54, 1.807) is 0 Å². The van der Waals surface area contributed by atoms with Crippen LogP contribution in [-0.4, -0.2) is 22.8 Å². The zero-order valence-corrected chi connectivity index (χ0v) is 12.9. The zero-order valence-electron chi connectivity index (χ0n) is 12.0. The molecule has 0 aliphatic carbocycles. The third-order valence-corrected chi connectivity index (χ3v) is 3.79. The molecular formula is C16H16ClNO4. The van der Waals surface area contributed by atoms with Crippen LogP contribution in [0, 0.1) is 0 Å². The Morgan fingerprint density at radius 1 is 1.32 bits per heavy atom. The molecule has 2 aromatic rings. The fourth-order valence-corrected chi connectivity index (χ4v) is 2.84. The molecule has 0 atom stereocenters. The van der Waals surface area contributed by atoms with Gasteiger partial charge in [-0.2, -0.15) is 0 Å². The Labute approximate surface area is 133 Å². The van der Waals surface area contributed by atoms with E-state index in [0.29, 0.717) is 12.2 Å². The minimum atomic E-state index is -1.23. The van der Waals surface area contributed by atoms with Crippen LogP contribution in [0.4, 0.5) is 0 Å². The highest BCUT2D eigenvalue weighted by Gasteiger charge is 2.24. The number of nitrogens with zero attached hydrogens (tertiary/aromatic N) is 1. The molecule has 0 amide bonds. The highest BCUT2D eigenvalue weighted by Crippen LogP contribution is 2.33. The number of carboxylic acid groups (broad SMARTS) is 1. The fourth-order valence-electron chi connectivity index (χ4n) is 2.84. The number of fused-ring (bicyclic) bond motifs is 3. The van der Waals surface area contributed by atoms with Crippen molar-refractivity contribution in [2.45, 2.75) is 19.4 Å². The molecule has 0 bridgehead atoms. The zero-order chi connectivity index (χ0) is 15.0. The lowest BCUT2D eigenvalue weighted by Gasteiger charge is -2.16. The van der Waals surface area contributed by atoms with E-state index < -0.39 is 11.4 Å². The summed E-state index contributed by atoms with van der Waals surface area (Å²) in [5, 5.41) is 9.18. The second kappa shape index (κ2) is 6.23. The largest absolute Gasteiger partial charge is 0.491 e. The molecule has 0 saturated carbocycles. The molecule has 1 aliphatic heterocycles. The smallest absolute Gasteiger partial charge is 0.341 e. The molecular weight excluding hydrogens is 306 g/mol. The van der Waals surface area contributed by atoms with Crippen LogP contribution in [-0.2, 0) is 13.0 Å². The van der Waals surface area contributed by atoms with Gasteiger partial charge < -0.3 is 14.4 Å². The van der Waals surface area contributed by atoms with Crippen molar-refractivity contribution >= 4 is 18.4 Å². The van der Waals surface area contributed by atoms with Crippen molar-refractivity contribution < 1.29 is 14.6 Å². The number of carboxylic acids is 1. The Balaban J connectivity index is 0.00000176. The summed E-state index contributed by atoms with van der Waals surface area (Å²) < 4.78 is 7.06. The molecule has 3 rings (SSSR count). The first-order valence-electron chi connectivity index (χ1n) is 6.76. The average Bonchev–Trinajstić information content (AvgIpc) is 2.66. The molecule has 0 unspecified atom stereocenters. The monoisotopic (exact) mass is 321 g/mol. The molecule has 6 heteroatoms. The summed E-state index contributed by atoms with van der Waals surface area (Å²) in [6.07, 6.45) is 3.19. The first-order valence-corrected chi connectivity index (χ1v) is 6.76. The third-order valence-electron chi connectivity index (χ3n) is 3.79. The number of carbonyl (C=O) groups is 1. The SMILES string of the molecule is COc1c2n(cc(C(=O)O)c1=O)CCCc1ccccc1-2.Cl. The third kappa shape index (κ3) is 2.48. The quantitative estimate of drug-likeness (QED) is 0.923. The van der Waals surface area contributed by atoms with Crippen LogP contribution in [0.1, 0.15) is 22.3 Å². The molecule has 1 aromatic heterocycles. The topological polar surface area (TPSA) is 68.5 Å². The summed E-state index contributed by atoms with van der Waals surface area (Å²) in [5.74, 6) is -1.13. The number of rotatable bonds is 2. The van der Waals surface area contributed by atoms with Crippen molar-refractivity contribution in [2.24, 2.45) is 0 Å². The molecule has 1 N–H and O–H groups in total. The number of hydrogen-bond acceptors (Lipinski definition) is 3. The van der Waals surface area contributed by atoms with Gasteiger partial charge >= 0.3 is 5.97 Å². The number of aryl methyl sites for hydroxylation is 2. The molecule has 0 spiro atoms. The normalized spacial score (nSPS) is 12.4. The first-order chi connectivity index (χ1) is 10.1. The Bertz CT molecular complexity index is 782. The summed E-state index contributed by atoms with van der Waals surface area (Å²) in [6.45, 7) is 0.654. The van der Waals surface area contributed by atoms with Gasteiger partial charge in [0.15, 0.2) is 5.75 Å². The molecule has 0 fully saturated rings. The van der Waals surface area contributed by atoms with Gasteiger partial charge in [-0.15, -0.1) is 12.4 Å². The van der Waals surface area contributed by atoms with Crippen molar-refractivity contribution in [2.75, 3.05) is 7.11 Å². The first kappa shape index (κ1) is 16.1. The molecule has 0 saturated heterocycles. The lowest BCUT2D eigenvalue weighted by atomic mass is 10.0. The summed E-state index contributed by atoms with van der Waals surface area (Å²) >= 11 is 0. The van der Waals surface area contributed by atoms with E-state index in [0.717, 1.165) is 24.0 Å². The second-order valence-corrected chi connectivity index (χ2v) is 5.01. The number of aromatic carboxylic acids is 1. The number of halogens is 1. The van der Waals surface area contributed by atoms with Gasteiger partial charge in [-0.25, -0.2) is 4.79 Å². The van der Waals surface area contributed by atoms with Gasteiger partial charge in [0.1, 0.15) is 5.56 Å². The van der Waals surface area contributed by atoms with Gasteiger partial charge in [-0.1, -0.05) is 24.3 Å². The van der Waals surface area contributed by atoms with E-state index >= 15 is 0 Å². The summed E-state index contributed by atoms with van der Waals surface area (Å²) in [6, 6.07) is 7.84. The van der Waals surface area contributed by atoms with Crippen molar-refractivity contribution in [3.8, 4) is 17.0 Å². The molecule has 2 heterocycles. The van der Waals surface area contributed by atoms with Gasteiger partial charge in [0, 0.05) is 18.3 Å². The molecule has 22 heavy (non-hydrogen) atoms. The van der Waals surface area contributed by atoms with Crippen LogP contribution in [0.15, 0.2) is 35.3 Å². The van der Waals surface area contributed by atoms with Crippen molar-refractivity contribution in [3.05, 3.63) is 51.8 Å². The maximum atomic E-state index is 12.3. The van der Waals surface area contributed by atoms with E-state index in [1.807, 2.05) is 28.8 Å². The fraction of sp³-hybridized carbons (Fsp3) is 0.250. The Morgan fingerprint density at radius 3 is 2.73 bits per heavy atom. The van der Waals surface area contributed by atoms with Crippen LogP contribution in [0.25, 0.3) is 11.3 Å². The van der Waals surface area contributed by atoms with E-state index in [1.165, 1.54) is 13.3 Å². The highest BCUT2D eigenvalue weighted by atomic mass is 35.5. The maximum absolute atomic E-state index is 12.3. The number of aromatic nitrogens is 1. The number of benzene rings is 1. The van der Waals surface area contributed by atoms with Gasteiger partial charge in [0.25, 0.3) is 0 Å². The van der Waals surface area contributed by atoms with Crippen molar-refractivity contribution in [1.29, 1.82) is 0 Å². The van der Waals surface area contributed by atoms with Crippen LogP contribution in [0.3, 0.4) is 0 Å². The van der Waals surface area contributed by atoms with Crippen LogP contribution in [0.5, 0.6) is 5.75 Å². The number of ether oxygens (including phenoxy) is 1. The molecule has 116 valence electrons. The molecule has 1 aliphatic rings. The standard InChI is InChI=1S/C16H15NO4.ClH/c1-21-15-13-11-7-3-2-5-10(11)6-4-8-17(13)9-12(14(15)18)16(19)20;/h2-3,5,7,9H,4,6,8H2,1H3,(H,19,20);1H. The summed E-state index contributed by atoms with van der Waals surface area (Å²) in [7, 11) is 1.40. The van der Waals surface area contributed by atoms with Crippen LogP contribution in [0.2, 0.25) is 0 Å². The predicted octanol–water partition coefficient (Wildman–Crippen LogP) is 2.59. The molecule has 1 aromatic carbocycles. The van der Waals surface area contributed by atoms with Gasteiger partial charge in [-0.05, 0) is 18.4 Å². The van der Waals surface area contributed by atoms with E-state index in [2.05, 4.69) is 0 Å². The molecule has 5 nitrogen and oxygen atoms in total. The van der Waals surface area contributed by atoms with Crippen LogP contribution < -0.4 is 10.2 Å². The lowest BCUT2D eigenvalue weighted by molar-refractivity contribution is 0.0694. The second-order valence-electron chi connectivity index (χ2n) is 5.01. The van der Waals surface area contributed by atoms with Crippen molar-refractivity contribution in [3.63, 3.8) is 0 Å². The summed E-state index contributed by atoms with van der Waals surface area (Å²) in [5.41, 5.74) is 1.91. The Hall–Kier alpha value is -2.27. The van der Waals surface area contributed by atoms with Crippen molar-refractivity contribution in [1.82, 2.24) is 4.57 Å². The number of methoxy groups -OCH3 is 1. The summed E-state index contributed by atoms with van der Waals surface area (Å²) in [4.78, 5) is 23.6. The van der Waals surface area contributed by atoms with E-state index in [-0.39, 0.29) is 23.7 Å². The number of pyridine rings is 1. The van der Waals surface area contributed by atoms with Gasteiger partial charge in [-0.3, -0.25) is 4.79 Å². The highest BCUT2D eigenvalue weighted by molar-refractivity contribution is 5.89. The lowest BCUT2D eigenvalue weighted by Crippen LogP contribution is -2.21. The minimum Gasteiger partial charge on any atom is -0.491 e. The maximum Gasteiger partial charge on any atom is 0.341 e. The Morgan fingerprint density at radius 2 is 2.05 bits per heavy atom. The van der Waals surface area contributed by atoms with Crippen LogP contribution >= 0.6 is 12.4 Å². The van der Waals surface area contributed by atoms with Gasteiger partial charge in [0.2, 0.25) is 5.43 Å². The predicted molar refractivity (Wildman–Crippen MR) is 85.2 cm³/mol. The molecule has 0 radical (unpaired) electrons. The Kier molecular flexibility index (Phi) is 4.56. The minimum absolute atomic E-state index is 0. The van der Waals surface area contributed by atoms with E-state index in [4.69, 9.17) is 4.74 Å². The number of hydrogen-bond donors (Lipinski definition) is 1.